The van der Waals surface area contributed by atoms with E-state index < -0.39 is 54.3 Å². The van der Waals surface area contributed by atoms with E-state index in [4.69, 9.17) is 16.6 Å². The number of carboxylic acids is 1. The lowest BCUT2D eigenvalue weighted by atomic mass is 9.97. The minimum Gasteiger partial charge on any atom is -0.480 e. The van der Waals surface area contributed by atoms with Gasteiger partial charge in [-0.15, -0.1) is 0 Å². The van der Waals surface area contributed by atoms with Gasteiger partial charge in [-0.1, -0.05) is 20.3 Å². The topological polar surface area (TPSA) is 222 Å². The average Bonchev–Trinajstić information content (AvgIpc) is 3.24. The smallest absolute Gasteiger partial charge is 0.322 e. The maximum absolute atomic E-state index is 12.9. The van der Waals surface area contributed by atoms with Gasteiger partial charge >= 0.3 is 5.97 Å². The van der Waals surface area contributed by atoms with Crippen molar-refractivity contribution in [1.82, 2.24) is 25.9 Å². The van der Waals surface area contributed by atoms with Crippen molar-refractivity contribution in [1.29, 1.82) is 0 Å². The zero-order valence-corrected chi connectivity index (χ0v) is 18.1. The van der Waals surface area contributed by atoms with Crippen molar-refractivity contribution in [2.75, 3.05) is 6.54 Å². The van der Waals surface area contributed by atoms with Gasteiger partial charge in [-0.3, -0.25) is 24.0 Å². The minimum absolute atomic E-state index is 0.132. The first-order valence-corrected chi connectivity index (χ1v) is 10.2. The summed E-state index contributed by atoms with van der Waals surface area (Å²) < 4.78 is 0. The third-order valence-electron chi connectivity index (χ3n) is 4.85. The average molecular weight is 454 g/mol. The second kappa shape index (κ2) is 13.0. The lowest BCUT2D eigenvalue weighted by molar-refractivity contribution is -0.139. The number of primary amides is 1. The molecule has 0 aliphatic carbocycles. The molecule has 1 heterocycles. The molecule has 1 aromatic heterocycles. The predicted molar refractivity (Wildman–Crippen MR) is 113 cm³/mol. The monoisotopic (exact) mass is 453 g/mol. The molecule has 4 unspecified atom stereocenters. The van der Waals surface area contributed by atoms with Gasteiger partial charge in [0.2, 0.25) is 23.6 Å². The Labute approximate surface area is 185 Å². The van der Waals surface area contributed by atoms with Gasteiger partial charge in [0.1, 0.15) is 18.6 Å². The van der Waals surface area contributed by atoms with Crippen molar-refractivity contribution in [2.24, 2.45) is 17.4 Å². The lowest BCUT2D eigenvalue weighted by Gasteiger charge is -2.27. The molecular formula is C19H31N7O6. The highest BCUT2D eigenvalue weighted by Gasteiger charge is 2.31. The first-order valence-electron chi connectivity index (χ1n) is 10.2. The molecule has 32 heavy (non-hydrogen) atoms. The molecule has 0 radical (unpaired) electrons. The summed E-state index contributed by atoms with van der Waals surface area (Å²) in [4.78, 5) is 66.3. The van der Waals surface area contributed by atoms with Crippen LogP contribution in [0.4, 0.5) is 0 Å². The molecule has 13 nitrogen and oxygen atoms in total. The zero-order valence-electron chi connectivity index (χ0n) is 18.1. The number of carbonyl (C=O) groups is 5. The van der Waals surface area contributed by atoms with Crippen LogP contribution in [0.15, 0.2) is 12.5 Å². The third kappa shape index (κ3) is 9.12. The van der Waals surface area contributed by atoms with Crippen LogP contribution in [0.5, 0.6) is 0 Å². The number of hydrogen-bond acceptors (Lipinski definition) is 7. The van der Waals surface area contributed by atoms with Gasteiger partial charge in [0.15, 0.2) is 0 Å². The Morgan fingerprint density at radius 1 is 1.16 bits per heavy atom. The van der Waals surface area contributed by atoms with Gasteiger partial charge in [-0.2, -0.15) is 0 Å². The molecule has 0 saturated heterocycles. The normalized spacial score (nSPS) is 14.5. The number of H-pyrrole nitrogens is 1. The largest absolute Gasteiger partial charge is 0.480 e. The number of rotatable bonds is 14. The number of hydrogen-bond donors (Lipinski definition) is 7. The van der Waals surface area contributed by atoms with Gasteiger partial charge < -0.3 is 37.5 Å². The Balaban J connectivity index is 2.88. The van der Waals surface area contributed by atoms with Crippen LogP contribution in [0.2, 0.25) is 0 Å². The van der Waals surface area contributed by atoms with Crippen LogP contribution >= 0.6 is 0 Å². The van der Waals surface area contributed by atoms with E-state index in [1.165, 1.54) is 12.5 Å². The molecule has 1 aromatic rings. The lowest BCUT2D eigenvalue weighted by Crippen LogP contribution is -2.58. The van der Waals surface area contributed by atoms with Gasteiger partial charge in [0, 0.05) is 24.7 Å². The molecule has 9 N–H and O–H groups in total. The molecule has 0 saturated carbocycles. The van der Waals surface area contributed by atoms with Gasteiger partial charge in [-0.25, -0.2) is 4.98 Å². The number of aromatic amines is 1. The highest BCUT2D eigenvalue weighted by Crippen LogP contribution is 2.10. The zero-order chi connectivity index (χ0) is 24.3. The number of aromatic nitrogens is 2. The van der Waals surface area contributed by atoms with Crippen molar-refractivity contribution in [3.8, 4) is 0 Å². The SMILES string of the molecule is CCC(C)C(NC(=O)C(N)Cc1cnc[nH]1)C(=O)NC(CCC(N)=O)C(=O)NCC(=O)O. The van der Waals surface area contributed by atoms with Gasteiger partial charge in [0.25, 0.3) is 0 Å². The van der Waals surface area contributed by atoms with E-state index in [-0.39, 0.29) is 25.2 Å². The fraction of sp³-hybridized carbons (Fsp3) is 0.579. The summed E-state index contributed by atoms with van der Waals surface area (Å²) >= 11 is 0. The standard InChI is InChI=1S/C19H31N7O6/c1-3-10(2)16(26-17(30)12(20)6-11-7-22-9-24-11)19(32)25-13(4-5-14(21)27)18(31)23-8-15(28)29/h7,9-10,12-13,16H,3-6,8,20H2,1-2H3,(H2,21,27)(H,22,24)(H,23,31)(H,25,32)(H,26,30)(H,28,29). The number of carboxylic acid groups (broad SMARTS) is 1. The number of carbonyl (C=O) groups excluding carboxylic acids is 4. The Hall–Kier alpha value is -3.48. The summed E-state index contributed by atoms with van der Waals surface area (Å²) in [6.07, 6.45) is 3.36. The van der Waals surface area contributed by atoms with Crippen LogP contribution in [-0.2, 0) is 30.4 Å². The summed E-state index contributed by atoms with van der Waals surface area (Å²) in [6, 6.07) is -3.17. The van der Waals surface area contributed by atoms with E-state index in [0.29, 0.717) is 12.1 Å². The highest BCUT2D eigenvalue weighted by molar-refractivity contribution is 5.94. The Morgan fingerprint density at radius 2 is 1.84 bits per heavy atom. The van der Waals surface area contributed by atoms with E-state index in [1.54, 1.807) is 6.92 Å². The van der Waals surface area contributed by atoms with E-state index in [9.17, 15) is 24.0 Å². The molecule has 1 rings (SSSR count). The number of nitrogens with two attached hydrogens (primary N) is 2. The number of amides is 4. The van der Waals surface area contributed by atoms with Crippen molar-refractivity contribution >= 4 is 29.6 Å². The Kier molecular flexibility index (Phi) is 10.8. The second-order valence-corrected chi connectivity index (χ2v) is 7.44. The Morgan fingerprint density at radius 3 is 2.38 bits per heavy atom. The van der Waals surface area contributed by atoms with Crippen molar-refractivity contribution in [3.05, 3.63) is 18.2 Å². The molecule has 0 spiro atoms. The molecule has 0 aliphatic heterocycles. The summed E-state index contributed by atoms with van der Waals surface area (Å²) in [7, 11) is 0. The van der Waals surface area contributed by atoms with E-state index in [1.807, 2.05) is 6.92 Å². The molecule has 0 aromatic carbocycles. The van der Waals surface area contributed by atoms with E-state index >= 15 is 0 Å². The predicted octanol–water partition coefficient (Wildman–Crippen LogP) is -2.24. The van der Waals surface area contributed by atoms with E-state index in [0.717, 1.165) is 0 Å². The van der Waals surface area contributed by atoms with Crippen LogP contribution < -0.4 is 27.4 Å². The second-order valence-electron chi connectivity index (χ2n) is 7.44. The minimum atomic E-state index is -1.27. The molecular weight excluding hydrogens is 422 g/mol. The van der Waals surface area contributed by atoms with Crippen molar-refractivity contribution in [2.45, 2.75) is 57.7 Å². The molecule has 178 valence electrons. The molecule has 0 fully saturated rings. The molecule has 0 bridgehead atoms. The fourth-order valence-corrected chi connectivity index (χ4v) is 2.79. The Bertz CT molecular complexity index is 798. The van der Waals surface area contributed by atoms with Crippen molar-refractivity contribution in [3.63, 3.8) is 0 Å². The highest BCUT2D eigenvalue weighted by atomic mass is 16.4. The van der Waals surface area contributed by atoms with E-state index in [2.05, 4.69) is 25.9 Å². The van der Waals surface area contributed by atoms with Crippen LogP contribution in [-0.4, -0.2) is 69.3 Å². The maximum atomic E-state index is 12.9. The third-order valence-corrected chi connectivity index (χ3v) is 4.85. The molecule has 0 aliphatic rings. The summed E-state index contributed by atoms with van der Waals surface area (Å²) in [5.74, 6) is -4.28. The van der Waals surface area contributed by atoms with Crippen LogP contribution in [0.1, 0.15) is 38.8 Å². The summed E-state index contributed by atoms with van der Waals surface area (Å²) in [5.41, 5.74) is 11.7. The van der Waals surface area contributed by atoms with Crippen LogP contribution in [0.25, 0.3) is 0 Å². The quantitative estimate of drug-likeness (QED) is 0.163. The number of nitrogens with one attached hydrogen (secondary N) is 4. The first kappa shape index (κ1) is 26.6. The molecule has 4 atom stereocenters. The number of aliphatic carboxylic acids is 1. The summed E-state index contributed by atoms with van der Waals surface area (Å²) in [6.45, 7) is 2.91. The van der Waals surface area contributed by atoms with Gasteiger partial charge in [-0.05, 0) is 12.3 Å². The molecule has 13 heteroatoms. The number of imidazole rings is 1. The van der Waals surface area contributed by atoms with Gasteiger partial charge in [0.05, 0.1) is 12.4 Å². The van der Waals surface area contributed by atoms with Crippen molar-refractivity contribution < 1.29 is 29.1 Å². The fourth-order valence-electron chi connectivity index (χ4n) is 2.79. The maximum Gasteiger partial charge on any atom is 0.322 e. The first-order chi connectivity index (χ1) is 15.0. The molecule has 4 amide bonds. The van der Waals surface area contributed by atoms with Crippen LogP contribution in [0, 0.1) is 5.92 Å². The summed E-state index contributed by atoms with van der Waals surface area (Å²) in [5, 5.41) is 16.0. The van der Waals surface area contributed by atoms with Crippen LogP contribution in [0.3, 0.4) is 0 Å². The number of nitrogens with zero attached hydrogens (tertiary/aromatic N) is 1.